The van der Waals surface area contributed by atoms with Crippen molar-refractivity contribution in [3.63, 3.8) is 0 Å². The molecule has 132 valence electrons. The fourth-order valence-corrected chi connectivity index (χ4v) is 2.37. The Morgan fingerprint density at radius 2 is 1.92 bits per heavy atom. The van der Waals surface area contributed by atoms with E-state index in [4.69, 9.17) is 27.6 Å². The van der Waals surface area contributed by atoms with Gasteiger partial charge in [0.25, 0.3) is 5.91 Å². The molecule has 0 spiro atoms. The molecule has 2 rings (SSSR count). The molecule has 0 saturated carbocycles. The number of benzene rings is 1. The Hall–Kier alpha value is -2.51. The number of hydrazine groups is 1. The van der Waals surface area contributed by atoms with E-state index in [0.717, 1.165) is 0 Å². The average Bonchev–Trinajstić information content (AvgIpc) is 2.52. The van der Waals surface area contributed by atoms with Crippen molar-refractivity contribution in [2.24, 2.45) is 0 Å². The maximum atomic E-state index is 11.9. The molecule has 1 heterocycles. The molecule has 0 saturated heterocycles. The SMILES string of the molecule is CC(=O)c1c(NNC(=O)CNc2cc(Cl)ccc2Cl)oc(C)cc1=O. The largest absolute Gasteiger partial charge is 0.443 e. The maximum absolute atomic E-state index is 11.9. The van der Waals surface area contributed by atoms with Gasteiger partial charge in [-0.15, -0.1) is 0 Å². The second kappa shape index (κ2) is 8.04. The van der Waals surface area contributed by atoms with Gasteiger partial charge in [-0.1, -0.05) is 23.2 Å². The molecular formula is C16H15Cl2N3O4. The third-order valence-electron chi connectivity index (χ3n) is 3.11. The van der Waals surface area contributed by atoms with Crippen LogP contribution in [-0.4, -0.2) is 18.2 Å². The van der Waals surface area contributed by atoms with Crippen LogP contribution in [0.3, 0.4) is 0 Å². The van der Waals surface area contributed by atoms with Crippen molar-refractivity contribution in [1.82, 2.24) is 5.43 Å². The molecule has 0 fully saturated rings. The third kappa shape index (κ3) is 4.98. The second-order valence-electron chi connectivity index (χ2n) is 5.13. The number of aryl methyl sites for hydroxylation is 1. The fourth-order valence-electron chi connectivity index (χ4n) is 2.01. The number of carbonyl (C=O) groups excluding carboxylic acids is 2. The van der Waals surface area contributed by atoms with E-state index < -0.39 is 17.1 Å². The van der Waals surface area contributed by atoms with Crippen molar-refractivity contribution >= 4 is 46.5 Å². The van der Waals surface area contributed by atoms with E-state index in [2.05, 4.69) is 16.2 Å². The van der Waals surface area contributed by atoms with Gasteiger partial charge in [-0.2, -0.15) is 0 Å². The summed E-state index contributed by atoms with van der Waals surface area (Å²) in [6, 6.07) is 6.01. The molecule has 3 N–H and O–H groups in total. The number of rotatable bonds is 6. The summed E-state index contributed by atoms with van der Waals surface area (Å²) in [6.07, 6.45) is 0. The lowest BCUT2D eigenvalue weighted by molar-refractivity contribution is -0.118. The smallest absolute Gasteiger partial charge is 0.257 e. The third-order valence-corrected chi connectivity index (χ3v) is 3.67. The predicted octanol–water partition coefficient (Wildman–Crippen LogP) is 3.01. The molecule has 0 unspecified atom stereocenters. The van der Waals surface area contributed by atoms with Gasteiger partial charge in [0.15, 0.2) is 11.2 Å². The van der Waals surface area contributed by atoms with E-state index in [1.54, 1.807) is 25.1 Å². The zero-order valence-corrected chi connectivity index (χ0v) is 14.9. The van der Waals surface area contributed by atoms with Gasteiger partial charge in [0, 0.05) is 11.1 Å². The molecule has 0 bridgehead atoms. The Morgan fingerprint density at radius 3 is 2.60 bits per heavy atom. The molecule has 0 aliphatic heterocycles. The Balaban J connectivity index is 2.02. The molecule has 1 aromatic heterocycles. The first-order chi connectivity index (χ1) is 11.8. The highest BCUT2D eigenvalue weighted by Crippen LogP contribution is 2.25. The number of hydrogen-bond donors (Lipinski definition) is 3. The summed E-state index contributed by atoms with van der Waals surface area (Å²) in [5.41, 5.74) is 4.63. The van der Waals surface area contributed by atoms with Gasteiger partial charge < -0.3 is 9.73 Å². The number of hydrogen-bond acceptors (Lipinski definition) is 6. The van der Waals surface area contributed by atoms with Crippen LogP contribution in [0.5, 0.6) is 0 Å². The van der Waals surface area contributed by atoms with Gasteiger partial charge in [-0.05, 0) is 32.0 Å². The van der Waals surface area contributed by atoms with Gasteiger partial charge >= 0.3 is 0 Å². The summed E-state index contributed by atoms with van der Waals surface area (Å²) in [6.45, 7) is 2.66. The van der Waals surface area contributed by atoms with E-state index in [1.165, 1.54) is 13.0 Å². The quantitative estimate of drug-likeness (QED) is 0.523. The summed E-state index contributed by atoms with van der Waals surface area (Å²) >= 11 is 11.9. The van der Waals surface area contributed by atoms with Gasteiger partial charge in [-0.25, -0.2) is 0 Å². The number of amides is 1. The maximum Gasteiger partial charge on any atom is 0.257 e. The van der Waals surface area contributed by atoms with Crippen LogP contribution in [0, 0.1) is 6.92 Å². The van der Waals surface area contributed by atoms with Crippen molar-refractivity contribution in [2.45, 2.75) is 13.8 Å². The Morgan fingerprint density at radius 1 is 1.20 bits per heavy atom. The Labute approximate surface area is 153 Å². The highest BCUT2D eigenvalue weighted by atomic mass is 35.5. The minimum Gasteiger partial charge on any atom is -0.443 e. The monoisotopic (exact) mass is 383 g/mol. The van der Waals surface area contributed by atoms with Crippen molar-refractivity contribution in [1.29, 1.82) is 0 Å². The average molecular weight is 384 g/mol. The summed E-state index contributed by atoms with van der Waals surface area (Å²) in [5, 5.41) is 3.70. The summed E-state index contributed by atoms with van der Waals surface area (Å²) in [4.78, 5) is 35.3. The number of ketones is 1. The lowest BCUT2D eigenvalue weighted by Crippen LogP contribution is -2.35. The first kappa shape index (κ1) is 18.8. The van der Waals surface area contributed by atoms with E-state index >= 15 is 0 Å². The van der Waals surface area contributed by atoms with Crippen LogP contribution in [0.15, 0.2) is 33.5 Å². The van der Waals surface area contributed by atoms with Gasteiger partial charge in [0.05, 0.1) is 17.3 Å². The molecule has 0 aliphatic rings. The van der Waals surface area contributed by atoms with Crippen molar-refractivity contribution in [3.05, 3.63) is 55.9 Å². The molecule has 7 nitrogen and oxygen atoms in total. The van der Waals surface area contributed by atoms with Crippen LogP contribution in [0.25, 0.3) is 0 Å². The van der Waals surface area contributed by atoms with Crippen LogP contribution < -0.4 is 21.6 Å². The molecule has 1 amide bonds. The van der Waals surface area contributed by atoms with Crippen LogP contribution in [0.1, 0.15) is 23.0 Å². The molecule has 25 heavy (non-hydrogen) atoms. The van der Waals surface area contributed by atoms with Crippen LogP contribution in [0.2, 0.25) is 10.0 Å². The second-order valence-corrected chi connectivity index (χ2v) is 5.98. The summed E-state index contributed by atoms with van der Waals surface area (Å²) in [5.74, 6) is -0.772. The van der Waals surface area contributed by atoms with Gasteiger partial charge in [0.1, 0.15) is 11.3 Å². The minimum atomic E-state index is -0.489. The molecule has 2 aromatic rings. The van der Waals surface area contributed by atoms with Crippen LogP contribution in [0.4, 0.5) is 11.6 Å². The summed E-state index contributed by atoms with van der Waals surface area (Å²) < 4.78 is 5.29. The van der Waals surface area contributed by atoms with Gasteiger partial charge in [0.2, 0.25) is 5.88 Å². The highest BCUT2D eigenvalue weighted by Gasteiger charge is 2.16. The summed E-state index contributed by atoms with van der Waals surface area (Å²) in [7, 11) is 0. The zero-order valence-electron chi connectivity index (χ0n) is 13.4. The van der Waals surface area contributed by atoms with E-state index in [9.17, 15) is 14.4 Å². The lowest BCUT2D eigenvalue weighted by Gasteiger charge is -2.12. The van der Waals surface area contributed by atoms with Crippen molar-refractivity contribution < 1.29 is 14.0 Å². The normalized spacial score (nSPS) is 10.2. The molecular weight excluding hydrogens is 369 g/mol. The first-order valence-corrected chi connectivity index (χ1v) is 7.93. The lowest BCUT2D eigenvalue weighted by atomic mass is 10.2. The number of anilines is 2. The number of nitrogens with one attached hydrogen (secondary N) is 3. The number of halogens is 2. The van der Waals surface area contributed by atoms with Crippen molar-refractivity contribution in [3.8, 4) is 0 Å². The Bertz CT molecular complexity index is 880. The molecule has 0 aliphatic carbocycles. The molecule has 0 atom stereocenters. The topological polar surface area (TPSA) is 100 Å². The van der Waals surface area contributed by atoms with E-state index in [1.807, 2.05) is 0 Å². The van der Waals surface area contributed by atoms with Crippen LogP contribution >= 0.6 is 23.2 Å². The fraction of sp³-hybridized carbons (Fsp3) is 0.188. The van der Waals surface area contributed by atoms with Gasteiger partial charge in [-0.3, -0.25) is 25.2 Å². The molecule has 9 heteroatoms. The molecule has 0 radical (unpaired) electrons. The first-order valence-electron chi connectivity index (χ1n) is 7.17. The van der Waals surface area contributed by atoms with E-state index in [-0.39, 0.29) is 18.0 Å². The van der Waals surface area contributed by atoms with Crippen LogP contribution in [-0.2, 0) is 4.79 Å². The highest BCUT2D eigenvalue weighted by molar-refractivity contribution is 6.35. The number of carbonyl (C=O) groups is 2. The minimum absolute atomic E-state index is 0.119. The van der Waals surface area contributed by atoms with Crippen molar-refractivity contribution in [2.75, 3.05) is 17.3 Å². The standard InChI is InChI=1S/C16H15Cl2N3O4/c1-8-5-13(23)15(9(2)22)16(25-8)21-20-14(24)7-19-12-6-10(17)3-4-11(12)18/h3-6,19,21H,7H2,1-2H3,(H,20,24). The number of Topliss-reactive ketones (excluding diaryl/α,β-unsaturated/α-hetero) is 1. The van der Waals surface area contributed by atoms with E-state index in [0.29, 0.717) is 21.5 Å². The predicted molar refractivity (Wildman–Crippen MR) is 96.4 cm³/mol. The Kier molecular flexibility index (Phi) is 6.06. The molecule has 1 aromatic carbocycles. The zero-order chi connectivity index (χ0) is 18.6.